The van der Waals surface area contributed by atoms with Gasteiger partial charge in [-0.15, -0.1) is 0 Å². The van der Waals surface area contributed by atoms with Gasteiger partial charge in [-0.2, -0.15) is 0 Å². The van der Waals surface area contributed by atoms with Crippen LogP contribution in [0.3, 0.4) is 0 Å². The van der Waals surface area contributed by atoms with E-state index in [2.05, 4.69) is 29.2 Å². The van der Waals surface area contributed by atoms with Gasteiger partial charge in [0, 0.05) is 16.6 Å². The van der Waals surface area contributed by atoms with Crippen molar-refractivity contribution >= 4 is 34.1 Å². The van der Waals surface area contributed by atoms with Crippen LogP contribution in [0, 0.1) is 0 Å². The zero-order valence-corrected chi connectivity index (χ0v) is 14.9. The number of rotatable bonds is 3. The third-order valence-corrected chi connectivity index (χ3v) is 5.94. The van der Waals surface area contributed by atoms with Crippen LogP contribution < -0.4 is 5.73 Å². The predicted molar refractivity (Wildman–Crippen MR) is 102 cm³/mol. The molecule has 0 fully saturated rings. The Bertz CT molecular complexity index is 900. The van der Waals surface area contributed by atoms with Crippen LogP contribution in [0.4, 0.5) is 0 Å². The molecule has 0 saturated heterocycles. The van der Waals surface area contributed by atoms with E-state index in [0.717, 1.165) is 32.1 Å². The molecule has 2 aromatic carbocycles. The summed E-state index contributed by atoms with van der Waals surface area (Å²) >= 11 is 12.1. The van der Waals surface area contributed by atoms with Gasteiger partial charge in [0.15, 0.2) is 0 Å². The van der Waals surface area contributed by atoms with Crippen molar-refractivity contribution in [2.45, 2.75) is 37.6 Å². The number of hydrogen-bond acceptors (Lipinski definition) is 1. The minimum absolute atomic E-state index is 0.307. The number of benzene rings is 2. The maximum atomic E-state index is 6.86. The molecule has 0 bridgehead atoms. The third-order valence-electron chi connectivity index (χ3n) is 5.20. The molecule has 3 aromatic rings. The number of para-hydroxylation sites is 1. The number of nitrogens with one attached hydrogen (secondary N) is 1. The maximum Gasteiger partial charge on any atom is 0.0595 e. The third kappa shape index (κ3) is 2.73. The predicted octanol–water partition coefficient (Wildman–Crippen LogP) is 5.60. The highest BCUT2D eigenvalue weighted by atomic mass is 35.5. The highest BCUT2D eigenvalue weighted by Crippen LogP contribution is 2.40. The minimum atomic E-state index is -0.307. The van der Waals surface area contributed by atoms with Crippen molar-refractivity contribution in [2.75, 3.05) is 0 Å². The Balaban J connectivity index is 1.65. The van der Waals surface area contributed by atoms with Crippen LogP contribution in [0.1, 0.15) is 36.1 Å². The van der Waals surface area contributed by atoms with Crippen LogP contribution in [0.25, 0.3) is 10.9 Å². The molecule has 1 atom stereocenters. The number of H-pyrrole nitrogens is 1. The lowest BCUT2D eigenvalue weighted by atomic mass is 9.77. The van der Waals surface area contributed by atoms with Crippen molar-refractivity contribution < 1.29 is 0 Å². The highest BCUT2D eigenvalue weighted by Gasteiger charge is 2.34. The quantitative estimate of drug-likeness (QED) is 0.628. The molecule has 1 aliphatic carbocycles. The molecule has 2 nitrogen and oxygen atoms in total. The second-order valence-electron chi connectivity index (χ2n) is 6.78. The Morgan fingerprint density at radius 1 is 1.08 bits per heavy atom. The van der Waals surface area contributed by atoms with Gasteiger partial charge < -0.3 is 10.7 Å². The lowest BCUT2D eigenvalue weighted by molar-refractivity contribution is 0.339. The van der Waals surface area contributed by atoms with Gasteiger partial charge in [-0.25, -0.2) is 0 Å². The lowest BCUT2D eigenvalue weighted by Crippen LogP contribution is -2.40. The van der Waals surface area contributed by atoms with E-state index in [1.165, 1.54) is 27.7 Å². The molecule has 0 spiro atoms. The Hall–Kier alpha value is -1.48. The second kappa shape index (κ2) is 6.11. The average Bonchev–Trinajstić information content (AvgIpc) is 2.97. The van der Waals surface area contributed by atoms with Gasteiger partial charge in [-0.1, -0.05) is 47.5 Å². The van der Waals surface area contributed by atoms with E-state index in [9.17, 15) is 0 Å². The van der Waals surface area contributed by atoms with Crippen LogP contribution in [-0.2, 0) is 18.4 Å². The van der Waals surface area contributed by atoms with Crippen molar-refractivity contribution in [3.63, 3.8) is 0 Å². The number of aromatic nitrogens is 1. The van der Waals surface area contributed by atoms with Gasteiger partial charge in [-0.05, 0) is 61.4 Å². The summed E-state index contributed by atoms with van der Waals surface area (Å²) in [5, 5.41) is 2.52. The number of fused-ring (bicyclic) bond motifs is 3. The summed E-state index contributed by atoms with van der Waals surface area (Å²) in [6.45, 7) is 0. The molecule has 0 amide bonds. The zero-order valence-electron chi connectivity index (χ0n) is 13.4. The van der Waals surface area contributed by atoms with E-state index in [1.54, 1.807) is 0 Å². The van der Waals surface area contributed by atoms with E-state index < -0.39 is 0 Å². The first kappa shape index (κ1) is 16.0. The van der Waals surface area contributed by atoms with E-state index >= 15 is 0 Å². The van der Waals surface area contributed by atoms with Crippen LogP contribution >= 0.6 is 23.2 Å². The summed E-state index contributed by atoms with van der Waals surface area (Å²) in [6, 6.07) is 14.3. The molecular weight excluding hydrogens is 339 g/mol. The summed E-state index contributed by atoms with van der Waals surface area (Å²) < 4.78 is 0. The highest BCUT2D eigenvalue weighted by molar-refractivity contribution is 6.42. The first-order chi connectivity index (χ1) is 11.6. The van der Waals surface area contributed by atoms with E-state index in [1.807, 2.05) is 18.2 Å². The fourth-order valence-corrected chi connectivity index (χ4v) is 4.22. The van der Waals surface area contributed by atoms with Gasteiger partial charge >= 0.3 is 0 Å². The molecule has 4 heteroatoms. The van der Waals surface area contributed by atoms with Crippen LogP contribution in [0.2, 0.25) is 10.0 Å². The fourth-order valence-electron chi connectivity index (χ4n) is 3.90. The second-order valence-corrected chi connectivity index (χ2v) is 7.60. The molecule has 1 aromatic heterocycles. The van der Waals surface area contributed by atoms with Crippen molar-refractivity contribution in [1.82, 2.24) is 4.98 Å². The normalized spacial score (nSPS) is 20.3. The Morgan fingerprint density at radius 2 is 1.92 bits per heavy atom. The van der Waals surface area contributed by atoms with Crippen LogP contribution in [0.5, 0.6) is 0 Å². The van der Waals surface area contributed by atoms with Gasteiger partial charge in [0.2, 0.25) is 0 Å². The first-order valence-electron chi connectivity index (χ1n) is 8.40. The van der Waals surface area contributed by atoms with Crippen molar-refractivity contribution in [3.8, 4) is 0 Å². The summed E-state index contributed by atoms with van der Waals surface area (Å²) in [7, 11) is 0. The number of hydrogen-bond donors (Lipinski definition) is 2. The SMILES string of the molecule is NC1(CCc2ccc(Cl)c(Cl)c2)CCCc2c1[nH]c1ccccc21. The summed E-state index contributed by atoms with van der Waals surface area (Å²) in [6.07, 6.45) is 5.03. The number of aryl methyl sites for hydroxylation is 2. The molecule has 1 heterocycles. The average molecular weight is 359 g/mol. The largest absolute Gasteiger partial charge is 0.357 e. The fraction of sp³-hybridized carbons (Fsp3) is 0.300. The first-order valence-corrected chi connectivity index (χ1v) is 9.15. The molecule has 1 aliphatic rings. The molecule has 4 rings (SSSR count). The molecule has 0 aliphatic heterocycles. The van der Waals surface area contributed by atoms with Crippen LogP contribution in [0.15, 0.2) is 42.5 Å². The van der Waals surface area contributed by atoms with E-state index in [0.29, 0.717) is 10.0 Å². The van der Waals surface area contributed by atoms with Gasteiger partial charge in [-0.3, -0.25) is 0 Å². The molecule has 0 saturated carbocycles. The van der Waals surface area contributed by atoms with Gasteiger partial charge in [0.1, 0.15) is 0 Å². The molecule has 0 radical (unpaired) electrons. The number of halogens is 2. The standard InChI is InChI=1S/C20H20Cl2N2/c21-16-8-7-13(12-17(16)22)9-11-20(23)10-3-5-15-14-4-1-2-6-18(14)24-19(15)20/h1-2,4,6-8,12,24H,3,5,9-11,23H2. The number of nitrogens with two attached hydrogens (primary N) is 1. The molecule has 124 valence electrons. The Morgan fingerprint density at radius 3 is 2.75 bits per heavy atom. The van der Waals surface area contributed by atoms with Crippen molar-refractivity contribution in [3.05, 3.63) is 69.3 Å². The summed E-state index contributed by atoms with van der Waals surface area (Å²) in [5.74, 6) is 0. The van der Waals surface area contributed by atoms with Gasteiger partial charge in [0.25, 0.3) is 0 Å². The molecule has 1 unspecified atom stereocenters. The van der Waals surface area contributed by atoms with E-state index in [-0.39, 0.29) is 5.54 Å². The van der Waals surface area contributed by atoms with Gasteiger partial charge in [0.05, 0.1) is 15.6 Å². The molecule has 24 heavy (non-hydrogen) atoms. The Kier molecular flexibility index (Phi) is 4.07. The smallest absolute Gasteiger partial charge is 0.0595 e. The molecule has 3 N–H and O–H groups in total. The summed E-state index contributed by atoms with van der Waals surface area (Å²) in [4.78, 5) is 3.59. The monoisotopic (exact) mass is 358 g/mol. The molecular formula is C20H20Cl2N2. The van der Waals surface area contributed by atoms with Crippen molar-refractivity contribution in [1.29, 1.82) is 0 Å². The summed E-state index contributed by atoms with van der Waals surface area (Å²) in [5.41, 5.74) is 11.5. The lowest BCUT2D eigenvalue weighted by Gasteiger charge is -2.34. The zero-order chi connectivity index (χ0) is 16.7. The van der Waals surface area contributed by atoms with E-state index in [4.69, 9.17) is 28.9 Å². The maximum absolute atomic E-state index is 6.86. The van der Waals surface area contributed by atoms with Crippen molar-refractivity contribution in [2.24, 2.45) is 5.73 Å². The van der Waals surface area contributed by atoms with Crippen LogP contribution in [-0.4, -0.2) is 4.98 Å². The topological polar surface area (TPSA) is 41.8 Å². The Labute approximate surface area is 152 Å². The minimum Gasteiger partial charge on any atom is -0.357 e. The number of aromatic amines is 1.